The molecule has 0 aliphatic rings. The summed E-state index contributed by atoms with van der Waals surface area (Å²) in [6.07, 6.45) is 2.22. The van der Waals surface area contributed by atoms with Crippen molar-refractivity contribution in [2.45, 2.75) is 19.4 Å². The molecule has 1 atom stereocenters. The van der Waals surface area contributed by atoms with E-state index in [0.717, 1.165) is 5.76 Å². The highest BCUT2D eigenvalue weighted by Gasteiger charge is 2.11. The average molecular weight is 369 g/mol. The van der Waals surface area contributed by atoms with Crippen molar-refractivity contribution in [1.29, 1.82) is 0 Å². The highest BCUT2D eigenvalue weighted by atomic mass is 32.1. The summed E-state index contributed by atoms with van der Waals surface area (Å²) in [6.45, 7) is 1.90. The first-order valence-electron chi connectivity index (χ1n) is 8.15. The van der Waals surface area contributed by atoms with E-state index in [1.807, 2.05) is 30.5 Å². The van der Waals surface area contributed by atoms with Gasteiger partial charge in [0.15, 0.2) is 0 Å². The summed E-state index contributed by atoms with van der Waals surface area (Å²) >= 11 is 1.37. The molecular weight excluding hydrogens is 350 g/mol. The fourth-order valence-electron chi connectivity index (χ4n) is 2.45. The van der Waals surface area contributed by atoms with Gasteiger partial charge in [-0.25, -0.2) is 4.79 Å². The number of carbonyl (C=O) groups is 2. The van der Waals surface area contributed by atoms with Gasteiger partial charge in [-0.2, -0.15) is 0 Å². The molecule has 1 unspecified atom stereocenters. The lowest BCUT2D eigenvalue weighted by Gasteiger charge is -2.14. The maximum Gasteiger partial charge on any atom is 0.319 e. The van der Waals surface area contributed by atoms with Crippen molar-refractivity contribution >= 4 is 34.6 Å². The molecule has 3 N–H and O–H groups in total. The first-order chi connectivity index (χ1) is 12.6. The van der Waals surface area contributed by atoms with Crippen LogP contribution in [0.1, 0.15) is 22.4 Å². The largest absolute Gasteiger partial charge is 0.469 e. The van der Waals surface area contributed by atoms with E-state index in [2.05, 4.69) is 16.0 Å². The second-order valence-corrected chi connectivity index (χ2v) is 6.74. The zero-order valence-electron chi connectivity index (χ0n) is 14.2. The molecule has 3 rings (SSSR count). The van der Waals surface area contributed by atoms with Crippen molar-refractivity contribution in [3.8, 4) is 0 Å². The third kappa shape index (κ3) is 4.97. The molecule has 0 spiro atoms. The SMILES string of the molecule is CC(Cc1ccco1)NC(=O)Nc1cccc(NC(=O)c2cccs2)c1. The van der Waals surface area contributed by atoms with E-state index in [1.54, 1.807) is 36.6 Å². The second-order valence-electron chi connectivity index (χ2n) is 5.80. The Kier molecular flexibility index (Phi) is 5.70. The Hall–Kier alpha value is -3.06. The van der Waals surface area contributed by atoms with Crippen LogP contribution in [-0.4, -0.2) is 18.0 Å². The molecule has 134 valence electrons. The lowest BCUT2D eigenvalue weighted by atomic mass is 10.2. The number of hydrogen-bond acceptors (Lipinski definition) is 4. The second kappa shape index (κ2) is 8.35. The van der Waals surface area contributed by atoms with Crippen LogP contribution in [0.4, 0.5) is 16.2 Å². The van der Waals surface area contributed by atoms with E-state index in [-0.39, 0.29) is 18.0 Å². The van der Waals surface area contributed by atoms with Gasteiger partial charge in [-0.15, -0.1) is 11.3 Å². The van der Waals surface area contributed by atoms with Gasteiger partial charge >= 0.3 is 6.03 Å². The van der Waals surface area contributed by atoms with Gasteiger partial charge in [-0.3, -0.25) is 4.79 Å². The number of amides is 3. The molecule has 0 fully saturated rings. The zero-order valence-corrected chi connectivity index (χ0v) is 15.0. The molecule has 0 aliphatic carbocycles. The molecule has 2 heterocycles. The highest BCUT2D eigenvalue weighted by Crippen LogP contribution is 2.17. The van der Waals surface area contributed by atoms with Crippen LogP contribution in [-0.2, 0) is 6.42 Å². The first kappa shape index (κ1) is 17.8. The Morgan fingerprint density at radius 2 is 1.88 bits per heavy atom. The number of benzene rings is 1. The van der Waals surface area contributed by atoms with Crippen LogP contribution >= 0.6 is 11.3 Å². The van der Waals surface area contributed by atoms with Crippen LogP contribution in [0.25, 0.3) is 0 Å². The van der Waals surface area contributed by atoms with E-state index in [0.29, 0.717) is 22.7 Å². The molecule has 0 saturated heterocycles. The third-order valence-electron chi connectivity index (χ3n) is 3.59. The molecule has 0 saturated carbocycles. The molecule has 0 radical (unpaired) electrons. The van der Waals surface area contributed by atoms with Crippen LogP contribution in [0.5, 0.6) is 0 Å². The highest BCUT2D eigenvalue weighted by molar-refractivity contribution is 7.12. The minimum Gasteiger partial charge on any atom is -0.469 e. The predicted octanol–water partition coefficient (Wildman–Crippen LogP) is 4.35. The van der Waals surface area contributed by atoms with Gasteiger partial charge in [0.05, 0.1) is 11.1 Å². The Morgan fingerprint density at radius 1 is 1.08 bits per heavy atom. The van der Waals surface area contributed by atoms with Crippen LogP contribution in [0.2, 0.25) is 0 Å². The van der Waals surface area contributed by atoms with E-state index in [9.17, 15) is 9.59 Å². The number of anilines is 2. The van der Waals surface area contributed by atoms with Gasteiger partial charge in [0.25, 0.3) is 5.91 Å². The number of carbonyl (C=O) groups excluding carboxylic acids is 2. The number of furan rings is 1. The normalized spacial score (nSPS) is 11.6. The molecule has 3 aromatic rings. The number of hydrogen-bond donors (Lipinski definition) is 3. The summed E-state index contributed by atoms with van der Waals surface area (Å²) < 4.78 is 5.28. The Labute approximate surface area is 155 Å². The monoisotopic (exact) mass is 369 g/mol. The van der Waals surface area contributed by atoms with E-state index in [1.165, 1.54) is 11.3 Å². The van der Waals surface area contributed by atoms with Gasteiger partial charge in [0.1, 0.15) is 5.76 Å². The summed E-state index contributed by atoms with van der Waals surface area (Å²) in [5.74, 6) is 0.643. The number of thiophene rings is 1. The summed E-state index contributed by atoms with van der Waals surface area (Å²) in [6, 6.07) is 13.9. The zero-order chi connectivity index (χ0) is 18.4. The third-order valence-corrected chi connectivity index (χ3v) is 4.46. The standard InChI is InChI=1S/C19H19N3O3S/c1-13(11-16-7-3-9-25-16)20-19(24)22-15-6-2-5-14(12-15)21-18(23)17-8-4-10-26-17/h2-10,12-13H,11H2,1H3,(H,21,23)(H2,20,22,24). The average Bonchev–Trinajstić information content (AvgIpc) is 3.28. The van der Waals surface area contributed by atoms with Crippen molar-refractivity contribution in [1.82, 2.24) is 5.32 Å². The molecule has 1 aromatic carbocycles. The Balaban J connectivity index is 1.54. The molecule has 26 heavy (non-hydrogen) atoms. The molecule has 6 nitrogen and oxygen atoms in total. The van der Waals surface area contributed by atoms with Crippen LogP contribution in [0, 0.1) is 0 Å². The molecule has 7 heteroatoms. The summed E-state index contributed by atoms with van der Waals surface area (Å²) in [5, 5.41) is 10.3. The summed E-state index contributed by atoms with van der Waals surface area (Å²) in [7, 11) is 0. The van der Waals surface area contributed by atoms with Crippen molar-refractivity contribution in [3.05, 3.63) is 70.8 Å². The fourth-order valence-corrected chi connectivity index (χ4v) is 3.07. The summed E-state index contributed by atoms with van der Waals surface area (Å²) in [4.78, 5) is 24.9. The van der Waals surface area contributed by atoms with E-state index < -0.39 is 0 Å². The molecular formula is C19H19N3O3S. The molecule has 0 aliphatic heterocycles. The van der Waals surface area contributed by atoms with E-state index in [4.69, 9.17) is 4.42 Å². The molecule has 2 aromatic heterocycles. The molecule has 0 bridgehead atoms. The quantitative estimate of drug-likeness (QED) is 0.604. The fraction of sp³-hybridized carbons (Fsp3) is 0.158. The lowest BCUT2D eigenvalue weighted by molar-refractivity contribution is 0.103. The Morgan fingerprint density at radius 3 is 2.58 bits per heavy atom. The summed E-state index contributed by atoms with van der Waals surface area (Å²) in [5.41, 5.74) is 1.21. The van der Waals surface area contributed by atoms with Crippen LogP contribution < -0.4 is 16.0 Å². The minimum absolute atomic E-state index is 0.0807. The van der Waals surface area contributed by atoms with Crippen LogP contribution in [0.3, 0.4) is 0 Å². The van der Waals surface area contributed by atoms with Gasteiger partial charge in [-0.05, 0) is 48.7 Å². The van der Waals surface area contributed by atoms with Crippen molar-refractivity contribution in [3.63, 3.8) is 0 Å². The first-order valence-corrected chi connectivity index (χ1v) is 9.03. The maximum absolute atomic E-state index is 12.1. The smallest absolute Gasteiger partial charge is 0.319 e. The van der Waals surface area contributed by atoms with E-state index >= 15 is 0 Å². The lowest BCUT2D eigenvalue weighted by Crippen LogP contribution is -2.37. The molecule has 3 amide bonds. The van der Waals surface area contributed by atoms with Crippen molar-refractivity contribution < 1.29 is 14.0 Å². The maximum atomic E-state index is 12.1. The van der Waals surface area contributed by atoms with Gasteiger partial charge in [0.2, 0.25) is 0 Å². The number of rotatable bonds is 6. The minimum atomic E-state index is -0.314. The predicted molar refractivity (Wildman–Crippen MR) is 103 cm³/mol. The van der Waals surface area contributed by atoms with Crippen LogP contribution in [0.15, 0.2) is 64.6 Å². The topological polar surface area (TPSA) is 83.4 Å². The van der Waals surface area contributed by atoms with Crippen molar-refractivity contribution in [2.24, 2.45) is 0 Å². The Bertz CT molecular complexity index is 860. The number of urea groups is 1. The van der Waals surface area contributed by atoms with Crippen molar-refractivity contribution in [2.75, 3.05) is 10.6 Å². The van der Waals surface area contributed by atoms with Gasteiger partial charge < -0.3 is 20.4 Å². The van der Waals surface area contributed by atoms with Gasteiger partial charge in [-0.1, -0.05) is 12.1 Å². The van der Waals surface area contributed by atoms with Gasteiger partial charge in [0, 0.05) is 23.8 Å². The number of nitrogens with one attached hydrogen (secondary N) is 3.